The van der Waals surface area contributed by atoms with Crippen LogP contribution >= 0.6 is 0 Å². The first-order valence-electron chi connectivity index (χ1n) is 5.70. The Hall–Kier alpha value is -0.0800. The minimum absolute atomic E-state index is 0.613. The van der Waals surface area contributed by atoms with Crippen LogP contribution < -0.4 is 5.32 Å². The van der Waals surface area contributed by atoms with E-state index in [2.05, 4.69) is 5.32 Å². The third kappa shape index (κ3) is 1.08. The maximum Gasteiger partial charge on any atom is 0.0550 e. The third-order valence-corrected chi connectivity index (χ3v) is 4.53. The van der Waals surface area contributed by atoms with E-state index in [-0.39, 0.29) is 0 Å². The fourth-order valence-electron chi connectivity index (χ4n) is 3.27. The van der Waals surface area contributed by atoms with E-state index < -0.39 is 0 Å². The summed E-state index contributed by atoms with van der Waals surface area (Å²) < 4.78 is 5.48. The summed E-state index contributed by atoms with van der Waals surface area (Å²) >= 11 is 0. The van der Waals surface area contributed by atoms with Crippen LogP contribution in [0.25, 0.3) is 0 Å². The predicted molar refractivity (Wildman–Crippen MR) is 51.6 cm³/mol. The van der Waals surface area contributed by atoms with Crippen LogP contribution in [0.3, 0.4) is 0 Å². The van der Waals surface area contributed by atoms with E-state index in [0.29, 0.717) is 5.41 Å². The molecule has 0 aromatic rings. The Morgan fingerprint density at radius 3 is 2.31 bits per heavy atom. The van der Waals surface area contributed by atoms with Crippen LogP contribution in [0.15, 0.2) is 0 Å². The zero-order chi connectivity index (χ0) is 8.73. The molecule has 2 nitrogen and oxygen atoms in total. The molecule has 0 aromatic carbocycles. The van der Waals surface area contributed by atoms with Gasteiger partial charge in [-0.2, -0.15) is 0 Å². The van der Waals surface area contributed by atoms with Gasteiger partial charge in [-0.05, 0) is 44.2 Å². The Labute approximate surface area is 80.0 Å². The van der Waals surface area contributed by atoms with Gasteiger partial charge in [-0.1, -0.05) is 6.42 Å². The molecule has 0 aromatic heterocycles. The molecule has 1 atom stereocenters. The molecule has 1 saturated carbocycles. The fourth-order valence-corrected chi connectivity index (χ4v) is 3.27. The average Bonchev–Trinajstić information content (AvgIpc) is 2.43. The Bertz CT molecular complexity index is 190. The normalized spacial score (nSPS) is 38.3. The molecule has 2 heterocycles. The van der Waals surface area contributed by atoms with E-state index in [4.69, 9.17) is 4.74 Å². The minimum Gasteiger partial charge on any atom is -0.380 e. The summed E-state index contributed by atoms with van der Waals surface area (Å²) in [7, 11) is 0. The van der Waals surface area contributed by atoms with E-state index in [1.807, 2.05) is 0 Å². The monoisotopic (exact) mass is 181 g/mol. The maximum absolute atomic E-state index is 5.48. The Kier molecular flexibility index (Phi) is 1.88. The summed E-state index contributed by atoms with van der Waals surface area (Å²) in [5.41, 5.74) is 0.613. The highest BCUT2D eigenvalue weighted by atomic mass is 16.5. The smallest absolute Gasteiger partial charge is 0.0550 e. The molecule has 13 heavy (non-hydrogen) atoms. The van der Waals surface area contributed by atoms with Crippen LogP contribution in [0.4, 0.5) is 0 Å². The molecule has 3 fully saturated rings. The second kappa shape index (κ2) is 2.96. The van der Waals surface area contributed by atoms with Crippen LogP contribution in [0, 0.1) is 17.3 Å². The van der Waals surface area contributed by atoms with Gasteiger partial charge in [0.05, 0.1) is 13.2 Å². The van der Waals surface area contributed by atoms with Crippen LogP contribution in [-0.4, -0.2) is 26.3 Å². The summed E-state index contributed by atoms with van der Waals surface area (Å²) in [5, 5.41) is 3.49. The molecule has 0 bridgehead atoms. The van der Waals surface area contributed by atoms with E-state index >= 15 is 0 Å². The van der Waals surface area contributed by atoms with Crippen molar-refractivity contribution in [3.05, 3.63) is 0 Å². The highest BCUT2D eigenvalue weighted by Gasteiger charge is 2.52. The molecule has 0 amide bonds. The molecule has 74 valence electrons. The standard InChI is InChI=1S/C11H19NO/c1-2-9(3-1)11(7-13-8-11)10-4-5-12-6-10/h9-10,12H,1-8H2. The number of ether oxygens (including phenoxy) is 1. The van der Waals surface area contributed by atoms with Gasteiger partial charge in [-0.3, -0.25) is 0 Å². The van der Waals surface area contributed by atoms with Gasteiger partial charge in [0, 0.05) is 5.41 Å². The molecule has 0 radical (unpaired) electrons. The molecule has 1 aliphatic carbocycles. The van der Waals surface area contributed by atoms with Crippen molar-refractivity contribution in [2.24, 2.45) is 17.3 Å². The number of hydrogen-bond donors (Lipinski definition) is 1. The lowest BCUT2D eigenvalue weighted by atomic mass is 9.58. The summed E-state index contributed by atoms with van der Waals surface area (Å²) in [5.74, 6) is 1.93. The van der Waals surface area contributed by atoms with Crippen molar-refractivity contribution in [2.75, 3.05) is 26.3 Å². The van der Waals surface area contributed by atoms with Crippen LogP contribution in [-0.2, 0) is 4.74 Å². The van der Waals surface area contributed by atoms with Crippen molar-refractivity contribution in [3.63, 3.8) is 0 Å². The van der Waals surface area contributed by atoms with Crippen molar-refractivity contribution >= 4 is 0 Å². The minimum atomic E-state index is 0.613. The average molecular weight is 181 g/mol. The summed E-state index contributed by atoms with van der Waals surface area (Å²) in [6, 6.07) is 0. The van der Waals surface area contributed by atoms with Crippen molar-refractivity contribution in [1.82, 2.24) is 5.32 Å². The molecule has 3 rings (SSSR count). The summed E-state index contributed by atoms with van der Waals surface area (Å²) in [4.78, 5) is 0. The van der Waals surface area contributed by atoms with E-state index in [1.54, 1.807) is 0 Å². The van der Waals surface area contributed by atoms with Crippen LogP contribution in [0.2, 0.25) is 0 Å². The van der Waals surface area contributed by atoms with E-state index in [0.717, 1.165) is 25.0 Å². The Morgan fingerprint density at radius 1 is 1.08 bits per heavy atom. The Balaban J connectivity index is 1.74. The zero-order valence-electron chi connectivity index (χ0n) is 8.22. The second-order valence-electron chi connectivity index (χ2n) is 5.04. The van der Waals surface area contributed by atoms with E-state index in [1.165, 1.54) is 38.8 Å². The number of hydrogen-bond acceptors (Lipinski definition) is 2. The molecule has 2 saturated heterocycles. The van der Waals surface area contributed by atoms with Gasteiger partial charge in [-0.15, -0.1) is 0 Å². The summed E-state index contributed by atoms with van der Waals surface area (Å²) in [6.07, 6.45) is 5.80. The largest absolute Gasteiger partial charge is 0.380 e. The molecule has 1 unspecified atom stereocenters. The predicted octanol–water partition coefficient (Wildman–Crippen LogP) is 1.41. The SMILES string of the molecule is C1CC(C2(C3CCNC3)COC2)C1. The van der Waals surface area contributed by atoms with Crippen molar-refractivity contribution in [2.45, 2.75) is 25.7 Å². The van der Waals surface area contributed by atoms with Crippen molar-refractivity contribution < 1.29 is 4.74 Å². The van der Waals surface area contributed by atoms with Gasteiger partial charge in [0.25, 0.3) is 0 Å². The molecule has 2 aliphatic heterocycles. The molecule has 2 heteroatoms. The van der Waals surface area contributed by atoms with Crippen molar-refractivity contribution in [1.29, 1.82) is 0 Å². The van der Waals surface area contributed by atoms with Crippen molar-refractivity contribution in [3.8, 4) is 0 Å². The van der Waals surface area contributed by atoms with Crippen LogP contribution in [0.5, 0.6) is 0 Å². The first kappa shape index (κ1) is 8.25. The van der Waals surface area contributed by atoms with Gasteiger partial charge >= 0.3 is 0 Å². The lowest BCUT2D eigenvalue weighted by Gasteiger charge is -2.54. The summed E-state index contributed by atoms with van der Waals surface area (Å²) in [6.45, 7) is 4.60. The highest BCUT2D eigenvalue weighted by Crippen LogP contribution is 2.52. The molecule has 3 aliphatic rings. The third-order valence-electron chi connectivity index (χ3n) is 4.53. The fraction of sp³-hybridized carbons (Fsp3) is 1.00. The number of rotatable bonds is 2. The first-order valence-corrected chi connectivity index (χ1v) is 5.70. The van der Waals surface area contributed by atoms with Crippen LogP contribution in [0.1, 0.15) is 25.7 Å². The molecular weight excluding hydrogens is 162 g/mol. The van der Waals surface area contributed by atoms with Gasteiger partial charge in [0.15, 0.2) is 0 Å². The van der Waals surface area contributed by atoms with Gasteiger partial charge < -0.3 is 10.1 Å². The van der Waals surface area contributed by atoms with Gasteiger partial charge in [0.1, 0.15) is 0 Å². The topological polar surface area (TPSA) is 21.3 Å². The zero-order valence-corrected chi connectivity index (χ0v) is 8.22. The van der Waals surface area contributed by atoms with Gasteiger partial charge in [-0.25, -0.2) is 0 Å². The highest BCUT2D eigenvalue weighted by molar-refractivity contribution is 5.01. The quantitative estimate of drug-likeness (QED) is 0.695. The first-order chi connectivity index (χ1) is 6.42. The second-order valence-corrected chi connectivity index (χ2v) is 5.04. The Morgan fingerprint density at radius 2 is 1.92 bits per heavy atom. The van der Waals surface area contributed by atoms with E-state index in [9.17, 15) is 0 Å². The molecule has 0 spiro atoms. The molecule has 1 N–H and O–H groups in total. The van der Waals surface area contributed by atoms with Gasteiger partial charge in [0.2, 0.25) is 0 Å². The molecular formula is C11H19NO. The lowest BCUT2D eigenvalue weighted by molar-refractivity contribution is -0.189. The maximum atomic E-state index is 5.48. The number of nitrogens with one attached hydrogen (secondary N) is 1. The lowest BCUT2D eigenvalue weighted by Crippen LogP contribution is -2.55.